The fourth-order valence-corrected chi connectivity index (χ4v) is 6.80. The summed E-state index contributed by atoms with van der Waals surface area (Å²) in [7, 11) is 0. The summed E-state index contributed by atoms with van der Waals surface area (Å²) in [6.07, 6.45) is 2.46. The van der Waals surface area contributed by atoms with Crippen LogP contribution in [0.15, 0.2) is 102 Å². The number of aromatic carboxylic acids is 1. The Labute approximate surface area is 278 Å². The SMILES string of the molecule is O=C(O)c1ccc(CCN2C(=O)/C(=C/c3ccc(OCCN4CCOCC4)c(-c4cccc(-c5ccccc5)c4)c3)SC2=S)cc1. The maximum absolute atomic E-state index is 13.4. The average molecular weight is 651 g/mol. The number of carbonyl (C=O) groups excluding carboxylic acids is 1. The highest BCUT2D eigenvalue weighted by molar-refractivity contribution is 8.26. The molecule has 0 unspecified atom stereocenters. The van der Waals surface area contributed by atoms with Crippen LogP contribution < -0.4 is 4.74 Å². The lowest BCUT2D eigenvalue weighted by Gasteiger charge is -2.26. The van der Waals surface area contributed by atoms with Gasteiger partial charge < -0.3 is 14.6 Å². The normalized spacial score (nSPS) is 16.3. The molecule has 234 valence electrons. The summed E-state index contributed by atoms with van der Waals surface area (Å²) in [5.41, 5.74) is 6.28. The van der Waals surface area contributed by atoms with E-state index in [0.717, 1.165) is 72.0 Å². The van der Waals surface area contributed by atoms with E-state index < -0.39 is 5.97 Å². The Balaban J connectivity index is 1.23. The van der Waals surface area contributed by atoms with Gasteiger partial charge in [-0.15, -0.1) is 0 Å². The number of ether oxygens (including phenoxy) is 2. The smallest absolute Gasteiger partial charge is 0.335 e. The zero-order valence-electron chi connectivity index (χ0n) is 25.3. The van der Waals surface area contributed by atoms with Crippen LogP contribution in [0.3, 0.4) is 0 Å². The predicted molar refractivity (Wildman–Crippen MR) is 187 cm³/mol. The highest BCUT2D eigenvalue weighted by Crippen LogP contribution is 2.37. The van der Waals surface area contributed by atoms with E-state index >= 15 is 0 Å². The van der Waals surface area contributed by atoms with Crippen molar-refractivity contribution in [3.8, 4) is 28.0 Å². The van der Waals surface area contributed by atoms with Gasteiger partial charge in [0.25, 0.3) is 5.91 Å². The van der Waals surface area contributed by atoms with E-state index in [2.05, 4.69) is 47.4 Å². The number of benzene rings is 4. The Morgan fingerprint density at radius 3 is 2.39 bits per heavy atom. The maximum Gasteiger partial charge on any atom is 0.335 e. The van der Waals surface area contributed by atoms with Crippen LogP contribution >= 0.6 is 24.0 Å². The topological polar surface area (TPSA) is 79.3 Å². The molecule has 46 heavy (non-hydrogen) atoms. The molecule has 7 nitrogen and oxygen atoms in total. The first-order valence-electron chi connectivity index (χ1n) is 15.2. The number of nitrogens with zero attached hydrogens (tertiary/aromatic N) is 2. The van der Waals surface area contributed by atoms with Gasteiger partial charge in [-0.05, 0) is 70.6 Å². The second kappa shape index (κ2) is 14.9. The van der Waals surface area contributed by atoms with Crippen molar-refractivity contribution in [1.29, 1.82) is 0 Å². The number of rotatable bonds is 11. The summed E-state index contributed by atoms with van der Waals surface area (Å²) in [6, 6.07) is 31.4. The molecule has 2 heterocycles. The van der Waals surface area contributed by atoms with Crippen LogP contribution in [0.5, 0.6) is 5.75 Å². The first-order valence-corrected chi connectivity index (χ1v) is 16.5. The van der Waals surface area contributed by atoms with Gasteiger partial charge in [0, 0.05) is 31.7 Å². The highest BCUT2D eigenvalue weighted by atomic mass is 32.2. The minimum atomic E-state index is -0.965. The molecule has 2 aliphatic heterocycles. The Morgan fingerprint density at radius 1 is 0.891 bits per heavy atom. The van der Waals surface area contributed by atoms with Crippen LogP contribution in [-0.4, -0.2) is 77.1 Å². The van der Waals surface area contributed by atoms with Crippen molar-refractivity contribution in [1.82, 2.24) is 9.80 Å². The first kappa shape index (κ1) is 31.7. The van der Waals surface area contributed by atoms with Gasteiger partial charge in [-0.1, -0.05) is 90.7 Å². The second-order valence-electron chi connectivity index (χ2n) is 11.1. The molecule has 2 aliphatic rings. The minimum Gasteiger partial charge on any atom is -0.492 e. The monoisotopic (exact) mass is 650 g/mol. The van der Waals surface area contributed by atoms with Gasteiger partial charge in [0.05, 0.1) is 23.7 Å². The van der Waals surface area contributed by atoms with Gasteiger partial charge in [-0.2, -0.15) is 0 Å². The molecule has 1 N–H and O–H groups in total. The number of hydrogen-bond acceptors (Lipinski definition) is 7. The van der Waals surface area contributed by atoms with E-state index in [4.69, 9.17) is 26.8 Å². The Kier molecular flexibility index (Phi) is 10.2. The van der Waals surface area contributed by atoms with Crippen LogP contribution in [0.4, 0.5) is 0 Å². The quantitative estimate of drug-likeness (QED) is 0.139. The maximum atomic E-state index is 13.4. The molecule has 0 atom stereocenters. The zero-order chi connectivity index (χ0) is 31.9. The van der Waals surface area contributed by atoms with Crippen molar-refractivity contribution in [2.75, 3.05) is 46.0 Å². The van der Waals surface area contributed by atoms with Gasteiger partial charge in [-0.25, -0.2) is 4.79 Å². The number of thiocarbonyl (C=S) groups is 1. The van der Waals surface area contributed by atoms with E-state index in [9.17, 15) is 9.59 Å². The number of carboxylic acids is 1. The molecule has 6 rings (SSSR count). The molecular weight excluding hydrogens is 617 g/mol. The lowest BCUT2D eigenvalue weighted by molar-refractivity contribution is -0.122. The van der Waals surface area contributed by atoms with Gasteiger partial charge in [-0.3, -0.25) is 14.6 Å². The summed E-state index contributed by atoms with van der Waals surface area (Å²) >= 11 is 6.88. The third-order valence-corrected chi connectivity index (χ3v) is 9.43. The summed E-state index contributed by atoms with van der Waals surface area (Å²) < 4.78 is 12.4. The molecule has 4 aromatic rings. The van der Waals surface area contributed by atoms with Crippen molar-refractivity contribution < 1.29 is 24.2 Å². The second-order valence-corrected chi connectivity index (χ2v) is 12.8. The molecule has 0 radical (unpaired) electrons. The van der Waals surface area contributed by atoms with Crippen LogP contribution in [0, 0.1) is 0 Å². The van der Waals surface area contributed by atoms with Gasteiger partial charge in [0.1, 0.15) is 16.7 Å². The lowest BCUT2D eigenvalue weighted by Crippen LogP contribution is -2.38. The van der Waals surface area contributed by atoms with Crippen LogP contribution in [0.2, 0.25) is 0 Å². The van der Waals surface area contributed by atoms with Crippen molar-refractivity contribution in [2.24, 2.45) is 0 Å². The van der Waals surface area contributed by atoms with Gasteiger partial charge in [0.15, 0.2) is 0 Å². The summed E-state index contributed by atoms with van der Waals surface area (Å²) in [5, 5.41) is 9.15. The molecular formula is C37H34N2O5S2. The highest BCUT2D eigenvalue weighted by Gasteiger charge is 2.31. The zero-order valence-corrected chi connectivity index (χ0v) is 26.9. The standard InChI is InChI=1S/C37H34N2O5S2/c40-35-34(46-37(45)39(35)16-15-26-9-12-29(13-10-26)36(41)42)24-27-11-14-33(44-22-19-38-17-20-43-21-18-38)32(23-27)31-8-4-7-30(25-31)28-5-2-1-3-6-28/h1-14,23-25H,15-22H2,(H,41,42)/b34-24-. The molecule has 0 spiro atoms. The molecule has 9 heteroatoms. The number of amides is 1. The Morgan fingerprint density at radius 2 is 1.63 bits per heavy atom. The lowest BCUT2D eigenvalue weighted by atomic mass is 9.97. The Hall–Kier alpha value is -4.28. The van der Waals surface area contributed by atoms with E-state index in [-0.39, 0.29) is 11.5 Å². The molecule has 2 fully saturated rings. The summed E-state index contributed by atoms with van der Waals surface area (Å²) in [5.74, 6) is -0.305. The third kappa shape index (κ3) is 7.74. The fourth-order valence-electron chi connectivity index (χ4n) is 5.49. The van der Waals surface area contributed by atoms with Crippen molar-refractivity contribution >= 4 is 46.3 Å². The molecule has 0 aliphatic carbocycles. The van der Waals surface area contributed by atoms with E-state index in [1.807, 2.05) is 36.4 Å². The number of hydrogen-bond donors (Lipinski definition) is 1. The molecule has 2 saturated heterocycles. The van der Waals surface area contributed by atoms with Crippen molar-refractivity contribution in [3.63, 3.8) is 0 Å². The van der Waals surface area contributed by atoms with Crippen molar-refractivity contribution in [2.45, 2.75) is 6.42 Å². The van der Waals surface area contributed by atoms with Crippen LogP contribution in [0.1, 0.15) is 21.5 Å². The average Bonchev–Trinajstić information content (AvgIpc) is 3.36. The third-order valence-electron chi connectivity index (χ3n) is 8.05. The number of carboxylic acid groups (broad SMARTS) is 1. The molecule has 4 aromatic carbocycles. The van der Waals surface area contributed by atoms with E-state index in [1.165, 1.54) is 11.8 Å². The predicted octanol–water partition coefficient (Wildman–Crippen LogP) is 6.87. The minimum absolute atomic E-state index is 0.129. The Bertz CT molecular complexity index is 1750. The van der Waals surface area contributed by atoms with E-state index in [0.29, 0.717) is 28.8 Å². The summed E-state index contributed by atoms with van der Waals surface area (Å²) in [6.45, 7) is 5.11. The molecule has 1 amide bonds. The summed E-state index contributed by atoms with van der Waals surface area (Å²) in [4.78, 5) is 29.1. The number of morpholine rings is 1. The van der Waals surface area contributed by atoms with Crippen LogP contribution in [-0.2, 0) is 16.0 Å². The van der Waals surface area contributed by atoms with E-state index in [1.54, 1.807) is 29.2 Å². The number of thioether (sulfide) groups is 1. The largest absolute Gasteiger partial charge is 0.492 e. The molecule has 0 aromatic heterocycles. The molecule has 0 bridgehead atoms. The molecule has 0 saturated carbocycles. The first-order chi connectivity index (χ1) is 22.4. The number of carbonyl (C=O) groups is 2. The fraction of sp³-hybridized carbons (Fsp3) is 0.216. The van der Waals surface area contributed by atoms with Crippen molar-refractivity contribution in [3.05, 3.63) is 119 Å². The van der Waals surface area contributed by atoms with Gasteiger partial charge >= 0.3 is 5.97 Å². The van der Waals surface area contributed by atoms with Crippen LogP contribution in [0.25, 0.3) is 28.3 Å². The van der Waals surface area contributed by atoms with Gasteiger partial charge in [0.2, 0.25) is 0 Å².